The van der Waals surface area contributed by atoms with Gasteiger partial charge in [-0.2, -0.15) is 0 Å². The van der Waals surface area contributed by atoms with Crippen LogP contribution >= 0.6 is 7.82 Å². The third-order valence-corrected chi connectivity index (χ3v) is 3.88. The van der Waals surface area contributed by atoms with E-state index in [2.05, 4.69) is 0 Å². The van der Waals surface area contributed by atoms with E-state index >= 15 is 0 Å². The molecule has 0 spiro atoms. The van der Waals surface area contributed by atoms with Crippen LogP contribution in [0.1, 0.15) is 34.1 Å². The largest absolute Gasteiger partial charge is 0.472 e. The second-order valence-corrected chi connectivity index (χ2v) is 6.73. The summed E-state index contributed by atoms with van der Waals surface area (Å²) in [5.41, 5.74) is 0. The fourth-order valence-electron chi connectivity index (χ4n) is 1.47. The Kier molecular flexibility index (Phi) is 11.7. The van der Waals surface area contributed by atoms with Gasteiger partial charge in [0, 0.05) is 0 Å². The first-order valence-corrected chi connectivity index (χ1v) is 9.06. The highest BCUT2D eigenvalue weighted by atomic mass is 31.2. The normalized spacial score (nSPS) is 18.8. The van der Waals surface area contributed by atoms with Gasteiger partial charge in [-0.3, -0.25) is 9.05 Å². The van der Waals surface area contributed by atoms with Gasteiger partial charge in [0.2, 0.25) is 0 Å². The smallest absolute Gasteiger partial charge is 0.376 e. The van der Waals surface area contributed by atoms with E-state index in [4.69, 9.17) is 34.2 Å². The van der Waals surface area contributed by atoms with Gasteiger partial charge in [0.1, 0.15) is 0 Å². The summed E-state index contributed by atoms with van der Waals surface area (Å²) in [5, 5.41) is 0. The van der Waals surface area contributed by atoms with Crippen molar-refractivity contribution in [3.63, 3.8) is 0 Å². The topological polar surface area (TPSA) is 74.2 Å². The Morgan fingerprint density at radius 2 is 1.68 bits per heavy atom. The lowest BCUT2D eigenvalue weighted by atomic mass is 10.00. The molecule has 0 saturated heterocycles. The van der Waals surface area contributed by atoms with E-state index in [1.54, 1.807) is 0 Å². The van der Waals surface area contributed by atoms with E-state index < -0.39 is 20.0 Å². The predicted octanol–water partition coefficient (Wildman–Crippen LogP) is 2.27. The Morgan fingerprint density at radius 1 is 1.09 bits per heavy atom. The molecule has 0 heterocycles. The molecule has 0 amide bonds. The molecular weight excluding hydrogens is 305 g/mol. The standard InChI is InChI=1S/C13H27B2O6P/c1-5-11(4)18-8-13(7-15)21-22(16,17)19-9-12(6-14)20-10(2)3/h10-13H,5-9H2,1-4H3,(H,16,17)/t11?,12-,13-/m1/s1. The zero-order valence-electron chi connectivity index (χ0n) is 13.9. The molecule has 6 nitrogen and oxygen atoms in total. The van der Waals surface area contributed by atoms with E-state index in [1.165, 1.54) is 0 Å². The van der Waals surface area contributed by atoms with Crippen molar-refractivity contribution in [2.24, 2.45) is 0 Å². The van der Waals surface area contributed by atoms with Gasteiger partial charge < -0.3 is 14.4 Å². The maximum atomic E-state index is 11.9. The first-order valence-electron chi connectivity index (χ1n) is 7.56. The molecule has 9 heteroatoms. The van der Waals surface area contributed by atoms with Crippen LogP contribution in [0.3, 0.4) is 0 Å². The van der Waals surface area contributed by atoms with Crippen LogP contribution in [-0.4, -0.2) is 58.2 Å². The van der Waals surface area contributed by atoms with Crippen LogP contribution < -0.4 is 0 Å². The van der Waals surface area contributed by atoms with Crippen molar-refractivity contribution in [3.8, 4) is 0 Å². The minimum absolute atomic E-state index is 0.0257. The molecule has 1 N–H and O–H groups in total. The van der Waals surface area contributed by atoms with Crippen molar-refractivity contribution < 1.29 is 28.0 Å². The number of hydrogen-bond donors (Lipinski definition) is 1. The maximum Gasteiger partial charge on any atom is 0.472 e. The number of ether oxygens (including phenoxy) is 2. The van der Waals surface area contributed by atoms with Crippen molar-refractivity contribution >= 4 is 23.5 Å². The average Bonchev–Trinajstić information content (AvgIpc) is 2.46. The number of phosphoric acid groups is 1. The first-order chi connectivity index (χ1) is 10.2. The van der Waals surface area contributed by atoms with Gasteiger partial charge in [-0.1, -0.05) is 19.6 Å². The Hall–Kier alpha value is 0.160. The number of phosphoric ester groups is 1. The molecule has 0 aliphatic heterocycles. The fourth-order valence-corrected chi connectivity index (χ4v) is 2.41. The molecule has 0 aliphatic rings. The van der Waals surface area contributed by atoms with Gasteiger partial charge in [0.05, 0.1) is 53.3 Å². The molecule has 4 radical (unpaired) electrons. The summed E-state index contributed by atoms with van der Waals surface area (Å²) >= 11 is 0. The molecule has 2 unspecified atom stereocenters. The van der Waals surface area contributed by atoms with E-state index in [9.17, 15) is 9.46 Å². The summed E-state index contributed by atoms with van der Waals surface area (Å²) in [7, 11) is 6.80. The van der Waals surface area contributed by atoms with Crippen LogP contribution in [0.2, 0.25) is 12.6 Å². The average molecular weight is 332 g/mol. The number of hydrogen-bond acceptors (Lipinski definition) is 5. The molecule has 0 aliphatic carbocycles. The molecule has 126 valence electrons. The van der Waals surface area contributed by atoms with Crippen LogP contribution in [-0.2, 0) is 23.1 Å². The van der Waals surface area contributed by atoms with Gasteiger partial charge >= 0.3 is 7.82 Å². The minimum Gasteiger partial charge on any atom is -0.376 e. The van der Waals surface area contributed by atoms with Gasteiger partial charge in [-0.25, -0.2) is 4.57 Å². The molecule has 0 aromatic carbocycles. The Bertz CT molecular complexity index is 332. The van der Waals surface area contributed by atoms with Crippen LogP contribution in [0.25, 0.3) is 0 Å². The third-order valence-electron chi connectivity index (χ3n) is 2.84. The highest BCUT2D eigenvalue weighted by molar-refractivity contribution is 7.47. The zero-order chi connectivity index (χ0) is 17.2. The molecule has 0 saturated carbocycles. The molecule has 4 atom stereocenters. The van der Waals surface area contributed by atoms with Crippen LogP contribution in [0.5, 0.6) is 0 Å². The van der Waals surface area contributed by atoms with E-state index in [0.717, 1.165) is 6.42 Å². The summed E-state index contributed by atoms with van der Waals surface area (Å²) in [6, 6.07) is 0. The van der Waals surface area contributed by atoms with E-state index in [1.807, 2.05) is 27.7 Å². The van der Waals surface area contributed by atoms with Crippen molar-refractivity contribution in [2.75, 3.05) is 13.2 Å². The van der Waals surface area contributed by atoms with Gasteiger partial charge in [-0.05, 0) is 27.2 Å². The Morgan fingerprint density at radius 3 is 2.14 bits per heavy atom. The van der Waals surface area contributed by atoms with Crippen LogP contribution in [0.4, 0.5) is 0 Å². The summed E-state index contributed by atoms with van der Waals surface area (Å²) in [4.78, 5) is 9.72. The quantitative estimate of drug-likeness (QED) is 0.412. The molecule has 0 aromatic rings. The van der Waals surface area contributed by atoms with E-state index in [0.29, 0.717) is 0 Å². The second kappa shape index (κ2) is 11.7. The van der Waals surface area contributed by atoms with Gasteiger partial charge in [0.25, 0.3) is 0 Å². The Balaban J connectivity index is 4.31. The molecule has 22 heavy (non-hydrogen) atoms. The Labute approximate surface area is 136 Å². The van der Waals surface area contributed by atoms with Crippen LogP contribution in [0, 0.1) is 0 Å². The molecule has 0 rings (SSSR count). The minimum atomic E-state index is -4.24. The van der Waals surface area contributed by atoms with Crippen molar-refractivity contribution in [2.45, 2.75) is 71.2 Å². The maximum absolute atomic E-state index is 11.9. The molecule has 0 fully saturated rings. The lowest BCUT2D eigenvalue weighted by molar-refractivity contribution is -0.0258. The second-order valence-electron chi connectivity index (χ2n) is 5.32. The summed E-state index contributed by atoms with van der Waals surface area (Å²) in [6.07, 6.45) is -0.170. The van der Waals surface area contributed by atoms with Crippen molar-refractivity contribution in [1.29, 1.82) is 0 Å². The number of rotatable bonds is 13. The predicted molar refractivity (Wildman–Crippen MR) is 87.5 cm³/mol. The molecular formula is C13H27B2O6P. The first kappa shape index (κ1) is 22.2. The van der Waals surface area contributed by atoms with Gasteiger partial charge in [0.15, 0.2) is 0 Å². The summed E-state index contributed by atoms with van der Waals surface area (Å²) in [5.74, 6) is 0. The van der Waals surface area contributed by atoms with Gasteiger partial charge in [-0.15, -0.1) is 0 Å². The molecule has 0 bridgehead atoms. The SMILES string of the molecule is [B]C[C@H](COP(=O)(O)O[C@H](C[B])COC(C)CC)OC(C)C. The lowest BCUT2D eigenvalue weighted by Crippen LogP contribution is -2.25. The third kappa shape index (κ3) is 10.8. The monoisotopic (exact) mass is 332 g/mol. The highest BCUT2D eigenvalue weighted by Crippen LogP contribution is 2.45. The van der Waals surface area contributed by atoms with Crippen molar-refractivity contribution in [3.05, 3.63) is 0 Å². The van der Waals surface area contributed by atoms with E-state index in [-0.39, 0.29) is 38.1 Å². The summed E-state index contributed by atoms with van der Waals surface area (Å²) in [6.45, 7) is 7.55. The van der Waals surface area contributed by atoms with Crippen molar-refractivity contribution in [1.82, 2.24) is 0 Å². The molecule has 0 aromatic heterocycles. The zero-order valence-corrected chi connectivity index (χ0v) is 14.8. The lowest BCUT2D eigenvalue weighted by Gasteiger charge is -2.24. The highest BCUT2D eigenvalue weighted by Gasteiger charge is 2.27. The summed E-state index contributed by atoms with van der Waals surface area (Å²) < 4.78 is 32.7. The fraction of sp³-hybridized carbons (Fsp3) is 1.00. The van der Waals surface area contributed by atoms with Crippen LogP contribution in [0.15, 0.2) is 0 Å².